The molecule has 0 aliphatic heterocycles. The van der Waals surface area contributed by atoms with Crippen molar-refractivity contribution in [3.8, 4) is 0 Å². The van der Waals surface area contributed by atoms with E-state index >= 15 is 0 Å². The molecule has 0 heterocycles. The van der Waals surface area contributed by atoms with Gasteiger partial charge in [0.15, 0.2) is 6.10 Å². The molecular formula is C54H90O6. The van der Waals surface area contributed by atoms with Crippen LogP contribution >= 0.6 is 0 Å². The van der Waals surface area contributed by atoms with Gasteiger partial charge in [0.2, 0.25) is 0 Å². The van der Waals surface area contributed by atoms with Crippen LogP contribution in [0.2, 0.25) is 0 Å². The van der Waals surface area contributed by atoms with E-state index in [9.17, 15) is 14.4 Å². The molecule has 0 aliphatic carbocycles. The van der Waals surface area contributed by atoms with Gasteiger partial charge in [-0.1, -0.05) is 183 Å². The summed E-state index contributed by atoms with van der Waals surface area (Å²) in [5.74, 6) is -0.933. The number of carbonyl (C=O) groups is 3. The maximum absolute atomic E-state index is 12.8. The van der Waals surface area contributed by atoms with Gasteiger partial charge in [-0.05, 0) is 103 Å². The van der Waals surface area contributed by atoms with E-state index in [4.69, 9.17) is 14.2 Å². The fraction of sp³-hybridized carbons (Fsp3) is 0.685. The van der Waals surface area contributed by atoms with E-state index in [0.29, 0.717) is 19.3 Å². The minimum absolute atomic E-state index is 0.0923. The molecule has 0 saturated heterocycles. The fourth-order valence-corrected chi connectivity index (χ4v) is 6.47. The number of esters is 3. The first kappa shape index (κ1) is 56.6. The van der Waals surface area contributed by atoms with Crippen LogP contribution in [0.5, 0.6) is 0 Å². The van der Waals surface area contributed by atoms with Crippen molar-refractivity contribution in [3.63, 3.8) is 0 Å². The van der Waals surface area contributed by atoms with Gasteiger partial charge < -0.3 is 14.2 Å². The average Bonchev–Trinajstić information content (AvgIpc) is 3.24. The van der Waals surface area contributed by atoms with Gasteiger partial charge >= 0.3 is 17.9 Å². The van der Waals surface area contributed by atoms with Crippen LogP contribution in [0.4, 0.5) is 0 Å². The summed E-state index contributed by atoms with van der Waals surface area (Å²) in [6.45, 7) is 6.31. The zero-order valence-electron chi connectivity index (χ0n) is 38.9. The van der Waals surface area contributed by atoms with E-state index in [-0.39, 0.29) is 31.1 Å². The highest BCUT2D eigenvalue weighted by Crippen LogP contribution is 2.13. The summed E-state index contributed by atoms with van der Waals surface area (Å²) in [5, 5.41) is 0. The van der Waals surface area contributed by atoms with Crippen LogP contribution < -0.4 is 0 Å². The Hall–Kier alpha value is -3.41. The lowest BCUT2D eigenvalue weighted by Crippen LogP contribution is -2.30. The highest BCUT2D eigenvalue weighted by atomic mass is 16.6. The number of hydrogen-bond acceptors (Lipinski definition) is 6. The molecule has 0 radical (unpaired) electrons. The third-order valence-corrected chi connectivity index (χ3v) is 10.1. The highest BCUT2D eigenvalue weighted by Gasteiger charge is 2.19. The second-order valence-corrected chi connectivity index (χ2v) is 16.0. The molecule has 0 aromatic carbocycles. The molecule has 0 aromatic heterocycles. The summed E-state index contributed by atoms with van der Waals surface area (Å²) in [4.78, 5) is 37.9. The second-order valence-electron chi connectivity index (χ2n) is 16.0. The van der Waals surface area contributed by atoms with Gasteiger partial charge in [0.25, 0.3) is 0 Å². The van der Waals surface area contributed by atoms with E-state index in [1.807, 2.05) is 0 Å². The average molecular weight is 835 g/mol. The molecule has 0 bridgehead atoms. The van der Waals surface area contributed by atoms with Crippen molar-refractivity contribution in [1.29, 1.82) is 0 Å². The smallest absolute Gasteiger partial charge is 0.306 e. The van der Waals surface area contributed by atoms with Crippen molar-refractivity contribution >= 4 is 17.9 Å². The molecule has 0 fully saturated rings. The molecule has 0 rings (SSSR count). The predicted molar refractivity (Wildman–Crippen MR) is 256 cm³/mol. The van der Waals surface area contributed by atoms with E-state index in [1.165, 1.54) is 38.5 Å². The third-order valence-electron chi connectivity index (χ3n) is 10.1. The maximum atomic E-state index is 12.8. The van der Waals surface area contributed by atoms with E-state index in [1.54, 1.807) is 0 Å². The van der Waals surface area contributed by atoms with Crippen LogP contribution in [0.1, 0.15) is 220 Å². The number of unbranched alkanes of at least 4 members (excludes halogenated alkanes) is 18. The summed E-state index contributed by atoms with van der Waals surface area (Å²) in [6.07, 6.45) is 61.4. The van der Waals surface area contributed by atoms with Crippen LogP contribution in [-0.2, 0) is 28.6 Å². The van der Waals surface area contributed by atoms with Crippen LogP contribution in [0.3, 0.4) is 0 Å². The molecule has 1 atom stereocenters. The standard InChI is InChI=1S/C54H90O6/c1-4-7-10-13-16-19-22-24-26-27-29-30-32-35-38-41-44-47-53(56)59-50-51(49-58-52(55)46-43-40-37-34-21-18-15-12-9-6-3)60-54(57)48-45-42-39-36-33-31-28-25-23-20-17-14-11-8-5-2/h7-8,10-12,15-17,19-20,24-26,28,51H,4-6,9,13-14,18,21-23,27,29-50H2,1-3H3/b10-7-,11-8-,15-12-,19-16-,20-17-,26-24-,28-25-. The zero-order chi connectivity index (χ0) is 43.7. The van der Waals surface area contributed by atoms with Gasteiger partial charge in [0.1, 0.15) is 13.2 Å². The van der Waals surface area contributed by atoms with Crippen LogP contribution in [-0.4, -0.2) is 37.2 Å². The molecule has 0 N–H and O–H groups in total. The summed E-state index contributed by atoms with van der Waals surface area (Å²) < 4.78 is 16.7. The van der Waals surface area contributed by atoms with Crippen LogP contribution in [0.25, 0.3) is 0 Å². The molecule has 0 spiro atoms. The lowest BCUT2D eigenvalue weighted by Gasteiger charge is -2.18. The Morgan fingerprint density at radius 1 is 0.350 bits per heavy atom. The van der Waals surface area contributed by atoms with Crippen molar-refractivity contribution in [1.82, 2.24) is 0 Å². The third kappa shape index (κ3) is 45.7. The summed E-state index contributed by atoms with van der Waals surface area (Å²) in [6, 6.07) is 0. The van der Waals surface area contributed by atoms with Crippen LogP contribution in [0.15, 0.2) is 85.1 Å². The topological polar surface area (TPSA) is 78.9 Å². The fourth-order valence-electron chi connectivity index (χ4n) is 6.47. The van der Waals surface area contributed by atoms with Crippen molar-refractivity contribution in [3.05, 3.63) is 85.1 Å². The predicted octanol–water partition coefficient (Wildman–Crippen LogP) is 16.0. The molecule has 1 unspecified atom stereocenters. The van der Waals surface area contributed by atoms with Crippen molar-refractivity contribution in [2.45, 2.75) is 226 Å². The largest absolute Gasteiger partial charge is 0.462 e. The Labute approximate surface area is 369 Å². The van der Waals surface area contributed by atoms with E-state index in [2.05, 4.69) is 106 Å². The van der Waals surface area contributed by atoms with Gasteiger partial charge in [0, 0.05) is 19.3 Å². The van der Waals surface area contributed by atoms with Gasteiger partial charge in [-0.2, -0.15) is 0 Å². The highest BCUT2D eigenvalue weighted by molar-refractivity contribution is 5.71. The van der Waals surface area contributed by atoms with Crippen molar-refractivity contribution < 1.29 is 28.6 Å². The van der Waals surface area contributed by atoms with E-state index < -0.39 is 6.10 Å². The molecular weight excluding hydrogens is 745 g/mol. The number of ether oxygens (including phenoxy) is 3. The number of allylic oxidation sites excluding steroid dienone is 14. The normalized spacial score (nSPS) is 12.8. The van der Waals surface area contributed by atoms with Gasteiger partial charge in [-0.3, -0.25) is 14.4 Å². The molecule has 0 saturated carbocycles. The number of hydrogen-bond donors (Lipinski definition) is 0. The molecule has 0 aliphatic rings. The molecule has 0 aromatic rings. The SMILES string of the molecule is CC/C=C\C/C=C\C/C=C\CCCCCCCCCC(=O)OCC(COC(=O)CCCCCCC/C=C\CCC)OC(=O)CCCCCCC/C=C\C/C=C\C/C=C\CC. The minimum atomic E-state index is -0.792. The quantitative estimate of drug-likeness (QED) is 0.0263. The lowest BCUT2D eigenvalue weighted by atomic mass is 10.1. The Balaban J connectivity index is 4.41. The Kier molecular flexibility index (Phi) is 45.5. The van der Waals surface area contributed by atoms with Crippen molar-refractivity contribution in [2.75, 3.05) is 13.2 Å². The van der Waals surface area contributed by atoms with E-state index in [0.717, 1.165) is 141 Å². The number of carbonyl (C=O) groups excluding carboxylic acids is 3. The first-order valence-corrected chi connectivity index (χ1v) is 24.6. The maximum Gasteiger partial charge on any atom is 0.306 e. The Morgan fingerprint density at radius 2 is 0.650 bits per heavy atom. The van der Waals surface area contributed by atoms with Crippen LogP contribution in [0, 0.1) is 0 Å². The molecule has 6 heteroatoms. The molecule has 0 amide bonds. The monoisotopic (exact) mass is 835 g/mol. The molecule has 342 valence electrons. The summed E-state index contributed by atoms with van der Waals surface area (Å²) in [7, 11) is 0. The van der Waals surface area contributed by atoms with Gasteiger partial charge in [-0.25, -0.2) is 0 Å². The second kappa shape index (κ2) is 48.3. The first-order chi connectivity index (χ1) is 29.5. The van der Waals surface area contributed by atoms with Crippen molar-refractivity contribution in [2.24, 2.45) is 0 Å². The summed E-state index contributed by atoms with van der Waals surface area (Å²) >= 11 is 0. The minimum Gasteiger partial charge on any atom is -0.462 e. The van der Waals surface area contributed by atoms with Gasteiger partial charge in [0.05, 0.1) is 0 Å². The Morgan fingerprint density at radius 3 is 1.03 bits per heavy atom. The molecule has 6 nitrogen and oxygen atoms in total. The zero-order valence-corrected chi connectivity index (χ0v) is 38.9. The number of rotatable bonds is 43. The lowest BCUT2D eigenvalue weighted by molar-refractivity contribution is -0.167. The molecule has 60 heavy (non-hydrogen) atoms. The summed E-state index contributed by atoms with van der Waals surface area (Å²) in [5.41, 5.74) is 0. The first-order valence-electron chi connectivity index (χ1n) is 24.6. The Bertz CT molecular complexity index is 1190. The van der Waals surface area contributed by atoms with Gasteiger partial charge in [-0.15, -0.1) is 0 Å².